The number of amidine groups is 2. The average molecular weight is 616 g/mol. The van der Waals surface area contributed by atoms with Crippen molar-refractivity contribution in [1.82, 2.24) is 20.4 Å². The summed E-state index contributed by atoms with van der Waals surface area (Å²) in [6.45, 7) is 4.32. The fourth-order valence-corrected chi connectivity index (χ4v) is 6.50. The van der Waals surface area contributed by atoms with Gasteiger partial charge >= 0.3 is 0 Å². The van der Waals surface area contributed by atoms with Gasteiger partial charge in [0.15, 0.2) is 0 Å². The first kappa shape index (κ1) is 33.7. The van der Waals surface area contributed by atoms with E-state index in [1.54, 1.807) is 43.1 Å². The van der Waals surface area contributed by atoms with Crippen molar-refractivity contribution < 1.29 is 14.4 Å². The van der Waals surface area contributed by atoms with E-state index in [2.05, 4.69) is 15.5 Å². The Hall–Kier alpha value is -4.21. The fraction of sp³-hybridized carbons (Fsp3) is 0.514. The lowest BCUT2D eigenvalue weighted by atomic mass is 9.83. The van der Waals surface area contributed by atoms with Gasteiger partial charge in [-0.3, -0.25) is 25.2 Å². The summed E-state index contributed by atoms with van der Waals surface area (Å²) in [6.07, 6.45) is 6.82. The van der Waals surface area contributed by atoms with E-state index in [1.807, 2.05) is 30.3 Å². The van der Waals surface area contributed by atoms with Crippen molar-refractivity contribution in [2.75, 3.05) is 26.7 Å². The number of benzene rings is 2. The summed E-state index contributed by atoms with van der Waals surface area (Å²) in [7, 11) is 1.70. The summed E-state index contributed by atoms with van der Waals surface area (Å²) in [6, 6.07) is 15.9. The number of nitrogens with two attached hydrogens (primary N) is 1. The van der Waals surface area contributed by atoms with Crippen LogP contribution >= 0.6 is 0 Å². The van der Waals surface area contributed by atoms with Crippen molar-refractivity contribution in [2.45, 2.75) is 70.9 Å². The highest BCUT2D eigenvalue weighted by Gasteiger charge is 2.36. The quantitative estimate of drug-likeness (QED) is 0.140. The van der Waals surface area contributed by atoms with Crippen LogP contribution in [0, 0.1) is 28.6 Å². The van der Waals surface area contributed by atoms with Crippen LogP contribution in [-0.4, -0.2) is 71.9 Å². The number of hydrogen-bond acceptors (Lipinski definition) is 5. The third-order valence-corrected chi connectivity index (χ3v) is 9.31. The van der Waals surface area contributed by atoms with E-state index >= 15 is 0 Å². The van der Waals surface area contributed by atoms with Gasteiger partial charge in [0, 0.05) is 38.8 Å². The number of rotatable bonds is 12. The summed E-state index contributed by atoms with van der Waals surface area (Å²) < 4.78 is 0. The molecule has 6 N–H and O–H groups in total. The van der Waals surface area contributed by atoms with Crippen LogP contribution in [0.1, 0.15) is 68.6 Å². The SMILES string of the molecule is CC(=N)N1CCC(CNC(=O)[C@@H](NC(=O)C(Cc2ccc(C(=N)N)cc2)C(=O)N(C)Cc2ccccc2)C2CCCCC2)CC1. The van der Waals surface area contributed by atoms with E-state index in [1.165, 1.54) is 0 Å². The standard InChI is InChI=1S/C35H49N7O3/c1-24(36)42-19-17-26(18-20-42)22-39-34(44)31(28-11-7-4-8-12-28)40-33(43)30(21-25-13-15-29(16-14-25)32(37)38)35(45)41(2)23-27-9-5-3-6-10-27/h3,5-6,9-10,13-16,26,28,30-31,36H,4,7-8,11-12,17-23H2,1-2H3,(H3,37,38)(H,39,44)(H,40,43)/t30?,31-/m0/s1. The Balaban J connectivity index is 1.50. The Morgan fingerprint density at radius 1 is 0.911 bits per heavy atom. The smallest absolute Gasteiger partial charge is 0.242 e. The lowest BCUT2D eigenvalue weighted by Gasteiger charge is -2.34. The number of piperidine rings is 1. The average Bonchev–Trinajstić information content (AvgIpc) is 3.05. The topological polar surface area (TPSA) is 155 Å². The van der Waals surface area contributed by atoms with Crippen LogP contribution in [0.5, 0.6) is 0 Å². The number of hydrogen-bond donors (Lipinski definition) is 5. The van der Waals surface area contributed by atoms with E-state index < -0.39 is 17.9 Å². The first-order valence-electron chi connectivity index (χ1n) is 16.2. The molecule has 10 heteroatoms. The van der Waals surface area contributed by atoms with E-state index in [9.17, 15) is 14.4 Å². The fourth-order valence-electron chi connectivity index (χ4n) is 6.50. The largest absolute Gasteiger partial charge is 0.384 e. The Morgan fingerprint density at radius 2 is 1.56 bits per heavy atom. The zero-order valence-corrected chi connectivity index (χ0v) is 26.7. The Labute approximate surface area is 267 Å². The van der Waals surface area contributed by atoms with E-state index in [0.717, 1.165) is 69.2 Å². The zero-order chi connectivity index (χ0) is 32.3. The minimum Gasteiger partial charge on any atom is -0.384 e. The molecule has 242 valence electrons. The lowest BCUT2D eigenvalue weighted by Crippen LogP contribution is -2.55. The van der Waals surface area contributed by atoms with Gasteiger partial charge < -0.3 is 26.2 Å². The lowest BCUT2D eigenvalue weighted by molar-refractivity contribution is -0.143. The number of nitrogen functional groups attached to an aromatic ring is 1. The molecule has 3 amide bonds. The minimum atomic E-state index is -1.03. The third kappa shape index (κ3) is 9.64. The maximum absolute atomic E-state index is 14.1. The van der Waals surface area contributed by atoms with Gasteiger partial charge in [0.2, 0.25) is 17.7 Å². The first-order valence-corrected chi connectivity index (χ1v) is 16.2. The minimum absolute atomic E-state index is 0.0118. The van der Waals surface area contributed by atoms with Gasteiger partial charge in [-0.05, 0) is 62.0 Å². The van der Waals surface area contributed by atoms with Crippen molar-refractivity contribution in [3.05, 3.63) is 71.3 Å². The van der Waals surface area contributed by atoms with Crippen molar-refractivity contribution in [3.63, 3.8) is 0 Å². The molecule has 10 nitrogen and oxygen atoms in total. The van der Waals surface area contributed by atoms with Gasteiger partial charge in [0.1, 0.15) is 17.8 Å². The molecule has 1 saturated heterocycles. The Bertz CT molecular complexity index is 1320. The second-order valence-corrected chi connectivity index (χ2v) is 12.7. The van der Waals surface area contributed by atoms with Crippen molar-refractivity contribution in [1.29, 1.82) is 10.8 Å². The van der Waals surface area contributed by atoms with Crippen LogP contribution in [0.25, 0.3) is 0 Å². The molecule has 2 fully saturated rings. The summed E-state index contributed by atoms with van der Waals surface area (Å²) in [4.78, 5) is 45.3. The third-order valence-electron chi connectivity index (χ3n) is 9.31. The first-order chi connectivity index (χ1) is 21.6. The van der Waals surface area contributed by atoms with Crippen molar-refractivity contribution >= 4 is 29.4 Å². The predicted octanol–water partition coefficient (Wildman–Crippen LogP) is 3.68. The molecule has 0 radical (unpaired) electrons. The summed E-state index contributed by atoms with van der Waals surface area (Å²) in [5, 5.41) is 21.8. The van der Waals surface area contributed by atoms with Gasteiger partial charge in [0.25, 0.3) is 0 Å². The number of carbonyl (C=O) groups is 3. The second kappa shape index (κ2) is 16.2. The molecular weight excluding hydrogens is 566 g/mol. The molecule has 1 heterocycles. The molecule has 45 heavy (non-hydrogen) atoms. The zero-order valence-electron chi connectivity index (χ0n) is 26.7. The number of likely N-dealkylation sites (tertiary alicyclic amines) is 1. The molecule has 2 aromatic carbocycles. The molecule has 2 atom stereocenters. The van der Waals surface area contributed by atoms with Crippen LogP contribution in [-0.2, 0) is 27.3 Å². The Morgan fingerprint density at radius 3 is 2.16 bits per heavy atom. The molecule has 0 bridgehead atoms. The van der Waals surface area contributed by atoms with Crippen molar-refractivity contribution in [2.24, 2.45) is 23.5 Å². The van der Waals surface area contributed by atoms with E-state index in [0.29, 0.717) is 30.4 Å². The maximum atomic E-state index is 14.1. The predicted molar refractivity (Wildman–Crippen MR) is 177 cm³/mol. The number of nitrogens with one attached hydrogen (secondary N) is 4. The normalized spacial score (nSPS) is 17.2. The van der Waals surface area contributed by atoms with Gasteiger partial charge in [-0.25, -0.2) is 0 Å². The maximum Gasteiger partial charge on any atom is 0.242 e. The van der Waals surface area contributed by atoms with Crippen molar-refractivity contribution in [3.8, 4) is 0 Å². The summed E-state index contributed by atoms with van der Waals surface area (Å²) >= 11 is 0. The van der Waals surface area contributed by atoms with Crippen LogP contribution in [0.15, 0.2) is 54.6 Å². The Kier molecular flexibility index (Phi) is 12.1. The molecule has 1 saturated carbocycles. The van der Waals surface area contributed by atoms with E-state index in [4.69, 9.17) is 16.6 Å². The molecule has 1 aliphatic carbocycles. The summed E-state index contributed by atoms with van der Waals surface area (Å²) in [5.74, 6) is -1.12. The molecule has 4 rings (SSSR count). The van der Waals surface area contributed by atoms with Gasteiger partial charge in [0.05, 0.1) is 5.84 Å². The van der Waals surface area contributed by atoms with Crippen LogP contribution < -0.4 is 16.4 Å². The van der Waals surface area contributed by atoms with Gasteiger partial charge in [-0.1, -0.05) is 73.9 Å². The molecule has 1 aliphatic heterocycles. The molecule has 2 aromatic rings. The highest BCUT2D eigenvalue weighted by molar-refractivity contribution is 6.02. The molecule has 2 aliphatic rings. The second-order valence-electron chi connectivity index (χ2n) is 12.7. The van der Waals surface area contributed by atoms with Gasteiger partial charge in [-0.15, -0.1) is 0 Å². The molecule has 0 spiro atoms. The highest BCUT2D eigenvalue weighted by atomic mass is 16.2. The van der Waals surface area contributed by atoms with Crippen LogP contribution in [0.4, 0.5) is 0 Å². The van der Waals surface area contributed by atoms with E-state index in [-0.39, 0.29) is 30.0 Å². The number of carbonyl (C=O) groups excluding carboxylic acids is 3. The molecule has 0 aromatic heterocycles. The molecular formula is C35H49N7O3. The van der Waals surface area contributed by atoms with Gasteiger partial charge in [-0.2, -0.15) is 0 Å². The van der Waals surface area contributed by atoms with Crippen LogP contribution in [0.2, 0.25) is 0 Å². The summed E-state index contributed by atoms with van der Waals surface area (Å²) in [5.41, 5.74) is 7.93. The number of amides is 3. The van der Waals surface area contributed by atoms with Crippen LogP contribution in [0.3, 0.4) is 0 Å². The highest BCUT2D eigenvalue weighted by Crippen LogP contribution is 2.27. The molecule has 1 unspecified atom stereocenters. The number of nitrogens with zero attached hydrogens (tertiary/aromatic N) is 2. The monoisotopic (exact) mass is 615 g/mol.